The van der Waals surface area contributed by atoms with Gasteiger partial charge in [-0.15, -0.1) is 0 Å². The summed E-state index contributed by atoms with van der Waals surface area (Å²) in [6, 6.07) is 10.2. The van der Waals surface area contributed by atoms with E-state index < -0.39 is 0 Å². The van der Waals surface area contributed by atoms with Crippen LogP contribution in [0.3, 0.4) is 0 Å². The number of hydrogen-bond acceptors (Lipinski definition) is 3. The number of benzene rings is 1. The van der Waals surface area contributed by atoms with E-state index in [0.717, 1.165) is 57.3 Å². The molecule has 5 heteroatoms. The molecule has 0 unspecified atom stereocenters. The molecule has 136 valence electrons. The van der Waals surface area contributed by atoms with Gasteiger partial charge in [-0.1, -0.05) is 30.3 Å². The molecule has 0 spiro atoms. The Labute approximate surface area is 149 Å². The van der Waals surface area contributed by atoms with Crippen molar-refractivity contribution in [1.29, 1.82) is 0 Å². The van der Waals surface area contributed by atoms with Crippen LogP contribution in [0.4, 0.5) is 0 Å². The van der Waals surface area contributed by atoms with Gasteiger partial charge in [0.15, 0.2) is 0 Å². The van der Waals surface area contributed by atoms with Crippen LogP contribution in [-0.2, 0) is 20.9 Å². The average Bonchev–Trinajstić information content (AvgIpc) is 3.06. The van der Waals surface area contributed by atoms with Gasteiger partial charge in [0.2, 0.25) is 11.8 Å². The molecule has 0 bridgehead atoms. The van der Waals surface area contributed by atoms with Gasteiger partial charge >= 0.3 is 0 Å². The molecule has 0 radical (unpaired) electrons. The number of carbonyl (C=O) groups excluding carboxylic acids is 2. The number of carbonyl (C=O) groups is 2. The maximum absolute atomic E-state index is 12.6. The van der Waals surface area contributed by atoms with E-state index in [-0.39, 0.29) is 24.5 Å². The number of likely N-dealkylation sites (tertiary alicyclic amines) is 2. The zero-order chi connectivity index (χ0) is 17.5. The minimum atomic E-state index is 0.0772. The van der Waals surface area contributed by atoms with Crippen LogP contribution in [0.2, 0.25) is 0 Å². The van der Waals surface area contributed by atoms with Crippen LogP contribution in [0.5, 0.6) is 0 Å². The van der Waals surface area contributed by atoms with E-state index >= 15 is 0 Å². The predicted molar refractivity (Wildman–Crippen MR) is 95.9 cm³/mol. The van der Waals surface area contributed by atoms with Gasteiger partial charge in [0.05, 0.1) is 6.61 Å². The summed E-state index contributed by atoms with van der Waals surface area (Å²) in [7, 11) is 0. The summed E-state index contributed by atoms with van der Waals surface area (Å²) in [6.45, 7) is 3.06. The number of piperidine rings is 1. The molecule has 2 aliphatic heterocycles. The Morgan fingerprint density at radius 3 is 2.72 bits per heavy atom. The fraction of sp³-hybridized carbons (Fsp3) is 0.600. The maximum Gasteiger partial charge on any atom is 0.248 e. The lowest BCUT2D eigenvalue weighted by molar-refractivity contribution is -0.140. The van der Waals surface area contributed by atoms with Crippen LogP contribution in [0, 0.1) is 0 Å². The van der Waals surface area contributed by atoms with Crippen molar-refractivity contribution in [3.63, 3.8) is 0 Å². The van der Waals surface area contributed by atoms with E-state index in [1.807, 2.05) is 40.1 Å². The SMILES string of the molecule is O=C1CCCN1CC[C@@H]1CCCCN1C(=O)COCc1ccccc1. The molecule has 0 aliphatic carbocycles. The molecular weight excluding hydrogens is 316 g/mol. The highest BCUT2D eigenvalue weighted by molar-refractivity contribution is 5.78. The Morgan fingerprint density at radius 2 is 1.96 bits per heavy atom. The third-order valence-electron chi connectivity index (χ3n) is 5.19. The van der Waals surface area contributed by atoms with Crippen molar-refractivity contribution in [2.24, 2.45) is 0 Å². The minimum absolute atomic E-state index is 0.0772. The Morgan fingerprint density at radius 1 is 1.12 bits per heavy atom. The molecule has 2 saturated heterocycles. The number of rotatable bonds is 7. The lowest BCUT2D eigenvalue weighted by atomic mass is 9.99. The summed E-state index contributed by atoms with van der Waals surface area (Å²) < 4.78 is 5.62. The largest absolute Gasteiger partial charge is 0.367 e. The Balaban J connectivity index is 1.46. The van der Waals surface area contributed by atoms with Crippen molar-refractivity contribution in [1.82, 2.24) is 9.80 Å². The molecule has 2 aliphatic rings. The third-order valence-corrected chi connectivity index (χ3v) is 5.19. The van der Waals surface area contributed by atoms with Crippen molar-refractivity contribution in [3.05, 3.63) is 35.9 Å². The molecule has 1 aromatic carbocycles. The van der Waals surface area contributed by atoms with E-state index in [0.29, 0.717) is 13.0 Å². The zero-order valence-corrected chi connectivity index (χ0v) is 14.9. The second-order valence-electron chi connectivity index (χ2n) is 6.99. The smallest absolute Gasteiger partial charge is 0.248 e. The summed E-state index contributed by atoms with van der Waals surface area (Å²) in [4.78, 5) is 28.3. The molecule has 1 atom stereocenters. The maximum atomic E-state index is 12.6. The van der Waals surface area contributed by atoms with Crippen molar-refractivity contribution < 1.29 is 14.3 Å². The van der Waals surface area contributed by atoms with Crippen LogP contribution in [0.25, 0.3) is 0 Å². The number of nitrogens with zero attached hydrogens (tertiary/aromatic N) is 2. The Hall–Kier alpha value is -1.88. The molecule has 2 heterocycles. The normalized spacial score (nSPS) is 21.0. The van der Waals surface area contributed by atoms with Gasteiger partial charge in [0.1, 0.15) is 6.61 Å². The lowest BCUT2D eigenvalue weighted by Crippen LogP contribution is -2.46. The topological polar surface area (TPSA) is 49.9 Å². The number of ether oxygens (including phenoxy) is 1. The van der Waals surface area contributed by atoms with E-state index in [9.17, 15) is 9.59 Å². The quantitative estimate of drug-likeness (QED) is 0.764. The van der Waals surface area contributed by atoms with Crippen LogP contribution in [-0.4, -0.2) is 53.9 Å². The first-order chi connectivity index (χ1) is 12.2. The molecule has 2 amide bonds. The summed E-state index contributed by atoms with van der Waals surface area (Å²) in [5.41, 5.74) is 1.08. The molecule has 0 N–H and O–H groups in total. The molecular formula is C20H28N2O3. The third kappa shape index (κ3) is 5.05. The van der Waals surface area contributed by atoms with Crippen molar-refractivity contribution in [3.8, 4) is 0 Å². The van der Waals surface area contributed by atoms with Crippen molar-refractivity contribution in [2.45, 2.75) is 51.2 Å². The standard InChI is InChI=1S/C20H28N2O3/c23-19-10-6-12-21(19)14-11-18-9-4-5-13-22(18)20(24)16-25-15-17-7-2-1-3-8-17/h1-3,7-8,18H,4-6,9-16H2/t18-/m0/s1. The van der Waals surface area contributed by atoms with Gasteiger partial charge in [-0.2, -0.15) is 0 Å². The van der Waals surface area contributed by atoms with E-state index in [1.165, 1.54) is 0 Å². The van der Waals surface area contributed by atoms with Crippen molar-refractivity contribution in [2.75, 3.05) is 26.2 Å². The first-order valence-corrected chi connectivity index (χ1v) is 9.43. The highest BCUT2D eigenvalue weighted by atomic mass is 16.5. The predicted octanol–water partition coefficient (Wildman–Crippen LogP) is 2.60. The minimum Gasteiger partial charge on any atom is -0.367 e. The van der Waals surface area contributed by atoms with E-state index in [4.69, 9.17) is 4.74 Å². The highest BCUT2D eigenvalue weighted by Crippen LogP contribution is 2.21. The average molecular weight is 344 g/mol. The fourth-order valence-corrected chi connectivity index (χ4v) is 3.79. The van der Waals surface area contributed by atoms with Gasteiger partial charge in [0, 0.05) is 32.1 Å². The van der Waals surface area contributed by atoms with E-state index in [2.05, 4.69) is 0 Å². The fourth-order valence-electron chi connectivity index (χ4n) is 3.79. The Bertz CT molecular complexity index is 576. The molecule has 3 rings (SSSR count). The summed E-state index contributed by atoms with van der Waals surface area (Å²) >= 11 is 0. The van der Waals surface area contributed by atoms with Gasteiger partial charge in [-0.05, 0) is 37.7 Å². The molecule has 0 saturated carbocycles. The van der Waals surface area contributed by atoms with E-state index in [1.54, 1.807) is 0 Å². The first kappa shape index (κ1) is 17.9. The zero-order valence-electron chi connectivity index (χ0n) is 14.9. The summed E-state index contributed by atoms with van der Waals surface area (Å²) in [5.74, 6) is 0.341. The summed E-state index contributed by atoms with van der Waals surface area (Å²) in [6.07, 6.45) is 5.79. The van der Waals surface area contributed by atoms with Gasteiger partial charge < -0.3 is 14.5 Å². The lowest BCUT2D eigenvalue weighted by Gasteiger charge is -2.36. The number of amides is 2. The monoisotopic (exact) mass is 344 g/mol. The molecule has 0 aromatic heterocycles. The van der Waals surface area contributed by atoms with Gasteiger partial charge in [-0.25, -0.2) is 0 Å². The van der Waals surface area contributed by atoms with Crippen LogP contribution in [0.15, 0.2) is 30.3 Å². The number of hydrogen-bond donors (Lipinski definition) is 0. The van der Waals surface area contributed by atoms with Gasteiger partial charge in [0.25, 0.3) is 0 Å². The van der Waals surface area contributed by atoms with Crippen LogP contribution in [0.1, 0.15) is 44.1 Å². The summed E-state index contributed by atoms with van der Waals surface area (Å²) in [5, 5.41) is 0. The van der Waals surface area contributed by atoms with Crippen LogP contribution >= 0.6 is 0 Å². The molecule has 1 aromatic rings. The highest BCUT2D eigenvalue weighted by Gasteiger charge is 2.28. The second-order valence-corrected chi connectivity index (χ2v) is 6.99. The van der Waals surface area contributed by atoms with Gasteiger partial charge in [-0.3, -0.25) is 9.59 Å². The molecule has 2 fully saturated rings. The van der Waals surface area contributed by atoms with Crippen molar-refractivity contribution >= 4 is 11.8 Å². The molecule has 25 heavy (non-hydrogen) atoms. The Kier molecular flexibility index (Phi) is 6.45. The van der Waals surface area contributed by atoms with Crippen LogP contribution < -0.4 is 0 Å². The molecule has 5 nitrogen and oxygen atoms in total. The second kappa shape index (κ2) is 8.99. The first-order valence-electron chi connectivity index (χ1n) is 9.43.